The number of benzene rings is 1. The van der Waals surface area contributed by atoms with Crippen molar-refractivity contribution < 1.29 is 17.9 Å². The smallest absolute Gasteiger partial charge is 0.391 e. The number of rotatable bonds is 3. The van der Waals surface area contributed by atoms with Gasteiger partial charge in [0.2, 0.25) is 0 Å². The number of nitrogens with one attached hydrogen (secondary N) is 2. The van der Waals surface area contributed by atoms with Crippen LogP contribution in [0.1, 0.15) is 43.7 Å². The van der Waals surface area contributed by atoms with Crippen LogP contribution in [0.4, 0.5) is 13.2 Å². The third-order valence-corrected chi connectivity index (χ3v) is 5.36. The van der Waals surface area contributed by atoms with Crippen molar-refractivity contribution in [2.24, 2.45) is 16.8 Å². The van der Waals surface area contributed by atoms with Crippen molar-refractivity contribution >= 4 is 5.96 Å². The molecule has 0 saturated heterocycles. The molecule has 3 rings (SSSR count). The minimum Gasteiger partial charge on any atom is -0.493 e. The van der Waals surface area contributed by atoms with Crippen LogP contribution in [-0.4, -0.2) is 32.3 Å². The Morgan fingerprint density at radius 2 is 1.88 bits per heavy atom. The second-order valence-corrected chi connectivity index (χ2v) is 7.08. The number of nitrogens with zero attached hydrogens (tertiary/aromatic N) is 1. The number of hydrogen-bond donors (Lipinski definition) is 2. The third-order valence-electron chi connectivity index (χ3n) is 5.36. The summed E-state index contributed by atoms with van der Waals surface area (Å²) < 4.78 is 44.0. The summed E-state index contributed by atoms with van der Waals surface area (Å²) in [7, 11) is 1.71. The van der Waals surface area contributed by atoms with E-state index in [0.29, 0.717) is 32.0 Å². The Morgan fingerprint density at radius 3 is 2.58 bits per heavy atom. The fourth-order valence-electron chi connectivity index (χ4n) is 3.79. The Bertz CT molecular complexity index is 625. The zero-order valence-corrected chi connectivity index (χ0v) is 15.0. The molecule has 1 unspecified atom stereocenters. The fraction of sp³-hybridized carbons (Fsp3) is 0.632. The molecule has 1 heterocycles. The fourth-order valence-corrected chi connectivity index (χ4v) is 3.79. The second-order valence-electron chi connectivity index (χ2n) is 7.08. The maximum Gasteiger partial charge on any atom is 0.391 e. The van der Waals surface area contributed by atoms with Gasteiger partial charge in [0.15, 0.2) is 5.96 Å². The van der Waals surface area contributed by atoms with Crippen molar-refractivity contribution in [3.63, 3.8) is 0 Å². The predicted molar refractivity (Wildman–Crippen MR) is 95.3 cm³/mol. The molecule has 1 fully saturated rings. The molecular formula is C19H26F3N3O. The molecule has 4 nitrogen and oxygen atoms in total. The van der Waals surface area contributed by atoms with Gasteiger partial charge in [0.1, 0.15) is 5.75 Å². The van der Waals surface area contributed by atoms with Crippen LogP contribution >= 0.6 is 0 Å². The number of aliphatic imine (C=N–C) groups is 1. The van der Waals surface area contributed by atoms with E-state index in [0.717, 1.165) is 17.7 Å². The zero-order chi connectivity index (χ0) is 18.6. The highest BCUT2D eigenvalue weighted by Crippen LogP contribution is 2.39. The predicted octanol–water partition coefficient (Wildman–Crippen LogP) is 4.04. The lowest BCUT2D eigenvalue weighted by Crippen LogP contribution is -2.43. The summed E-state index contributed by atoms with van der Waals surface area (Å²) in [5.41, 5.74) is 1.10. The monoisotopic (exact) mass is 369 g/mol. The first-order chi connectivity index (χ1) is 12.5. The van der Waals surface area contributed by atoms with E-state index in [1.807, 2.05) is 24.3 Å². The molecule has 2 aliphatic rings. The molecule has 26 heavy (non-hydrogen) atoms. The molecule has 0 aromatic heterocycles. The number of hydrogen-bond acceptors (Lipinski definition) is 2. The molecule has 7 heteroatoms. The summed E-state index contributed by atoms with van der Waals surface area (Å²) in [5, 5.41) is 6.70. The highest BCUT2D eigenvalue weighted by atomic mass is 19.4. The van der Waals surface area contributed by atoms with Gasteiger partial charge in [-0.1, -0.05) is 18.2 Å². The van der Waals surface area contributed by atoms with Crippen LogP contribution in [-0.2, 0) is 0 Å². The number of ether oxygens (including phenoxy) is 1. The third kappa shape index (κ3) is 4.62. The van der Waals surface area contributed by atoms with Gasteiger partial charge in [0.05, 0.1) is 18.6 Å². The average molecular weight is 369 g/mol. The summed E-state index contributed by atoms with van der Waals surface area (Å²) >= 11 is 0. The Balaban J connectivity index is 1.49. The van der Waals surface area contributed by atoms with Crippen LogP contribution < -0.4 is 15.4 Å². The molecule has 0 radical (unpaired) electrons. The molecule has 0 amide bonds. The van der Waals surface area contributed by atoms with Crippen LogP contribution in [0.2, 0.25) is 0 Å². The maximum absolute atomic E-state index is 12.8. The average Bonchev–Trinajstić information content (AvgIpc) is 2.65. The number of guanidine groups is 1. The Morgan fingerprint density at radius 1 is 1.15 bits per heavy atom. The molecule has 0 spiro atoms. The molecule has 1 aromatic carbocycles. The second kappa shape index (κ2) is 8.18. The SMILES string of the molecule is CN=C(NCC1CCC(C(F)(F)F)CC1)NC1CCOc2ccccc21. The zero-order valence-electron chi connectivity index (χ0n) is 15.0. The molecular weight excluding hydrogens is 343 g/mol. The Labute approximate surface area is 152 Å². The molecule has 1 saturated carbocycles. The topological polar surface area (TPSA) is 45.7 Å². The molecule has 1 atom stereocenters. The van der Waals surface area contributed by atoms with Crippen molar-refractivity contribution in [2.45, 2.75) is 44.3 Å². The van der Waals surface area contributed by atoms with Gasteiger partial charge in [0, 0.05) is 25.6 Å². The Hall–Kier alpha value is -1.92. The first-order valence-corrected chi connectivity index (χ1v) is 9.23. The van der Waals surface area contributed by atoms with Gasteiger partial charge in [-0.25, -0.2) is 0 Å². The van der Waals surface area contributed by atoms with Crippen molar-refractivity contribution in [1.29, 1.82) is 0 Å². The van der Waals surface area contributed by atoms with E-state index in [2.05, 4.69) is 15.6 Å². The minimum absolute atomic E-state index is 0.118. The van der Waals surface area contributed by atoms with Crippen molar-refractivity contribution in [3.8, 4) is 5.75 Å². The molecule has 2 N–H and O–H groups in total. The first kappa shape index (κ1) is 18.9. The lowest BCUT2D eigenvalue weighted by Gasteiger charge is -2.31. The highest BCUT2D eigenvalue weighted by molar-refractivity contribution is 5.80. The minimum atomic E-state index is -4.05. The van der Waals surface area contributed by atoms with E-state index in [1.165, 1.54) is 0 Å². The number of alkyl halides is 3. The van der Waals surface area contributed by atoms with Gasteiger partial charge >= 0.3 is 6.18 Å². The molecule has 1 aliphatic carbocycles. The van der Waals surface area contributed by atoms with E-state index in [-0.39, 0.29) is 24.8 Å². The van der Waals surface area contributed by atoms with Gasteiger partial charge in [0.25, 0.3) is 0 Å². The quantitative estimate of drug-likeness (QED) is 0.624. The van der Waals surface area contributed by atoms with E-state index >= 15 is 0 Å². The highest BCUT2D eigenvalue weighted by Gasteiger charge is 2.41. The molecule has 0 bridgehead atoms. The van der Waals surface area contributed by atoms with Crippen LogP contribution in [0.3, 0.4) is 0 Å². The standard InChI is InChI=1S/C19H26F3N3O/c1-23-18(24-12-13-6-8-14(9-7-13)19(20,21)22)25-16-10-11-26-17-5-3-2-4-15(16)17/h2-5,13-14,16H,6-12H2,1H3,(H2,23,24,25). The van der Waals surface area contributed by atoms with Gasteiger partial charge in [-0.2, -0.15) is 13.2 Å². The van der Waals surface area contributed by atoms with Crippen LogP contribution in [0.5, 0.6) is 5.75 Å². The van der Waals surface area contributed by atoms with E-state index in [1.54, 1.807) is 7.05 Å². The van der Waals surface area contributed by atoms with E-state index < -0.39 is 12.1 Å². The normalized spacial score (nSPS) is 26.6. The molecule has 1 aliphatic heterocycles. The summed E-state index contributed by atoms with van der Waals surface area (Å²) in [4.78, 5) is 4.27. The van der Waals surface area contributed by atoms with Gasteiger partial charge in [-0.3, -0.25) is 4.99 Å². The van der Waals surface area contributed by atoms with E-state index in [9.17, 15) is 13.2 Å². The number of para-hydroxylation sites is 1. The summed E-state index contributed by atoms with van der Waals surface area (Å²) in [6.07, 6.45) is -1.53. The number of halogens is 3. The van der Waals surface area contributed by atoms with Crippen LogP contribution in [0.25, 0.3) is 0 Å². The maximum atomic E-state index is 12.8. The summed E-state index contributed by atoms with van der Waals surface area (Å²) in [5.74, 6) is 0.700. The lowest BCUT2D eigenvalue weighted by molar-refractivity contribution is -0.183. The van der Waals surface area contributed by atoms with E-state index in [4.69, 9.17) is 4.74 Å². The van der Waals surface area contributed by atoms with Crippen LogP contribution in [0, 0.1) is 11.8 Å². The molecule has 144 valence electrons. The largest absolute Gasteiger partial charge is 0.493 e. The number of fused-ring (bicyclic) bond motifs is 1. The summed E-state index contributed by atoms with van der Waals surface area (Å²) in [6.45, 7) is 1.29. The van der Waals surface area contributed by atoms with Gasteiger partial charge < -0.3 is 15.4 Å². The summed E-state index contributed by atoms with van der Waals surface area (Å²) in [6, 6.07) is 8.05. The lowest BCUT2D eigenvalue weighted by atomic mass is 9.81. The molecule has 1 aromatic rings. The van der Waals surface area contributed by atoms with Crippen molar-refractivity contribution in [3.05, 3.63) is 29.8 Å². The van der Waals surface area contributed by atoms with Crippen molar-refractivity contribution in [1.82, 2.24) is 10.6 Å². The van der Waals surface area contributed by atoms with Crippen LogP contribution in [0.15, 0.2) is 29.3 Å². The van der Waals surface area contributed by atoms with Crippen molar-refractivity contribution in [2.75, 3.05) is 20.2 Å². The van der Waals surface area contributed by atoms with Gasteiger partial charge in [-0.05, 0) is 37.7 Å². The first-order valence-electron chi connectivity index (χ1n) is 9.23. The van der Waals surface area contributed by atoms with Gasteiger partial charge in [-0.15, -0.1) is 0 Å². The Kier molecular flexibility index (Phi) is 5.94.